The number of piperidine rings is 1. The summed E-state index contributed by atoms with van der Waals surface area (Å²) in [6.45, 7) is 5.51. The Labute approximate surface area is 182 Å². The fourth-order valence-electron chi connectivity index (χ4n) is 4.25. The summed E-state index contributed by atoms with van der Waals surface area (Å²) in [5, 5.41) is 2.76. The minimum absolute atomic E-state index is 0.173. The first kappa shape index (κ1) is 22.8. The minimum atomic E-state index is -1.17. The third kappa shape index (κ3) is 4.92. The first-order chi connectivity index (χ1) is 14.8. The molecule has 1 aromatic carbocycles. The minimum Gasteiger partial charge on any atom is -0.300 e. The summed E-state index contributed by atoms with van der Waals surface area (Å²) in [6.07, 6.45) is 6.37. The number of nitrogens with one attached hydrogen (secondary N) is 1. The first-order valence-electron chi connectivity index (χ1n) is 11.1. The number of Topliss-reactive ketones (excluding diaryl/α,β-unsaturated/α-hetero) is 1. The van der Waals surface area contributed by atoms with Gasteiger partial charge < -0.3 is 0 Å². The summed E-state index contributed by atoms with van der Waals surface area (Å²) in [7, 11) is 0. The number of benzene rings is 1. The molecule has 1 aliphatic heterocycles. The molecular weight excluding hydrogens is 394 g/mol. The number of hydrogen-bond acceptors (Lipinski definition) is 5. The zero-order chi connectivity index (χ0) is 22.6. The second kappa shape index (κ2) is 9.54. The van der Waals surface area contributed by atoms with Crippen molar-refractivity contribution in [3.63, 3.8) is 0 Å². The number of carbonyl (C=O) groups is 3. The Bertz CT molecular complexity index is 1070. The van der Waals surface area contributed by atoms with Crippen molar-refractivity contribution < 1.29 is 14.4 Å². The van der Waals surface area contributed by atoms with Crippen LogP contribution in [0.1, 0.15) is 76.6 Å². The number of carbonyl (C=O) groups excluding carboxylic acids is 3. The molecule has 2 aromatic rings. The van der Waals surface area contributed by atoms with Gasteiger partial charge in [-0.05, 0) is 50.8 Å². The van der Waals surface area contributed by atoms with Crippen LogP contribution in [0.4, 0.5) is 0 Å². The van der Waals surface area contributed by atoms with Crippen molar-refractivity contribution in [2.45, 2.75) is 84.1 Å². The molecular formula is C24H31N3O4. The van der Waals surface area contributed by atoms with E-state index in [1.54, 1.807) is 26.0 Å². The van der Waals surface area contributed by atoms with Crippen molar-refractivity contribution >= 4 is 28.5 Å². The van der Waals surface area contributed by atoms with Crippen molar-refractivity contribution in [3.8, 4) is 0 Å². The van der Waals surface area contributed by atoms with Crippen molar-refractivity contribution in [1.29, 1.82) is 0 Å². The molecule has 7 nitrogen and oxygen atoms in total. The molecule has 0 radical (unpaired) electrons. The molecule has 3 rings (SSSR count). The number of unbranched alkanes of at least 4 members (excludes halogenated alkanes) is 3. The van der Waals surface area contributed by atoms with Crippen LogP contribution < -0.4 is 10.9 Å². The highest BCUT2D eigenvalue weighted by molar-refractivity contribution is 6.01. The zero-order valence-corrected chi connectivity index (χ0v) is 18.6. The van der Waals surface area contributed by atoms with E-state index in [1.165, 1.54) is 4.57 Å². The first-order valence-corrected chi connectivity index (χ1v) is 11.1. The van der Waals surface area contributed by atoms with Crippen LogP contribution >= 0.6 is 0 Å². The molecule has 0 saturated carbocycles. The van der Waals surface area contributed by atoms with Crippen LogP contribution in [-0.4, -0.2) is 27.1 Å². The Morgan fingerprint density at radius 2 is 1.94 bits per heavy atom. The average molecular weight is 426 g/mol. The SMILES string of the molecule is CCCCCCC(=O)CCc1ccc2nc(C)n([C@]3(C)CCC(=O)NC3=O)c(=O)c2c1. The van der Waals surface area contributed by atoms with Crippen molar-refractivity contribution in [2.24, 2.45) is 0 Å². The van der Waals surface area contributed by atoms with E-state index in [1.807, 2.05) is 6.07 Å². The van der Waals surface area contributed by atoms with E-state index in [9.17, 15) is 19.2 Å². The van der Waals surface area contributed by atoms with Crippen molar-refractivity contribution in [3.05, 3.63) is 39.9 Å². The zero-order valence-electron chi connectivity index (χ0n) is 18.6. The highest BCUT2D eigenvalue weighted by Gasteiger charge is 2.42. The summed E-state index contributed by atoms with van der Waals surface area (Å²) in [4.78, 5) is 54.2. The lowest BCUT2D eigenvalue weighted by Gasteiger charge is -2.34. The molecule has 1 aromatic heterocycles. The van der Waals surface area contributed by atoms with Gasteiger partial charge >= 0.3 is 0 Å². The van der Waals surface area contributed by atoms with Gasteiger partial charge in [0.05, 0.1) is 10.9 Å². The van der Waals surface area contributed by atoms with Gasteiger partial charge in [-0.3, -0.25) is 29.1 Å². The van der Waals surface area contributed by atoms with E-state index < -0.39 is 11.4 Å². The molecule has 0 bridgehead atoms. The van der Waals surface area contributed by atoms with E-state index in [4.69, 9.17) is 0 Å². The smallest absolute Gasteiger partial charge is 0.262 e. The fourth-order valence-corrected chi connectivity index (χ4v) is 4.25. The van der Waals surface area contributed by atoms with Crippen LogP contribution in [0.3, 0.4) is 0 Å². The maximum Gasteiger partial charge on any atom is 0.262 e. The lowest BCUT2D eigenvalue weighted by molar-refractivity contribution is -0.140. The Hall–Kier alpha value is -2.83. The molecule has 2 amide bonds. The Morgan fingerprint density at radius 1 is 1.16 bits per heavy atom. The summed E-state index contributed by atoms with van der Waals surface area (Å²) in [6, 6.07) is 5.47. The highest BCUT2D eigenvalue weighted by atomic mass is 16.2. The van der Waals surface area contributed by atoms with E-state index in [0.717, 1.165) is 31.2 Å². The molecule has 0 unspecified atom stereocenters. The molecule has 1 fully saturated rings. The third-order valence-electron chi connectivity index (χ3n) is 6.18. The van der Waals surface area contributed by atoms with Gasteiger partial charge in [-0.1, -0.05) is 32.3 Å². The number of amides is 2. The van der Waals surface area contributed by atoms with Gasteiger partial charge in [-0.2, -0.15) is 0 Å². The Kier molecular flexibility index (Phi) is 7.03. The van der Waals surface area contributed by atoms with Crippen LogP contribution in [0.5, 0.6) is 0 Å². The topological polar surface area (TPSA) is 98.1 Å². The normalized spacial score (nSPS) is 18.9. The van der Waals surface area contributed by atoms with Crippen LogP contribution in [0.25, 0.3) is 10.9 Å². The van der Waals surface area contributed by atoms with E-state index >= 15 is 0 Å². The number of nitrogens with zero attached hydrogens (tertiary/aromatic N) is 2. The number of imide groups is 1. The predicted octanol–water partition coefficient (Wildman–Crippen LogP) is 3.33. The fraction of sp³-hybridized carbons (Fsp3) is 0.542. The molecule has 1 saturated heterocycles. The number of hydrogen-bond donors (Lipinski definition) is 1. The number of rotatable bonds is 9. The van der Waals surface area contributed by atoms with E-state index in [0.29, 0.717) is 36.0 Å². The van der Waals surface area contributed by atoms with Gasteiger partial charge in [0, 0.05) is 19.3 Å². The molecule has 7 heteroatoms. The van der Waals surface area contributed by atoms with Crippen LogP contribution in [0.2, 0.25) is 0 Å². The van der Waals surface area contributed by atoms with Gasteiger partial charge in [-0.25, -0.2) is 4.98 Å². The van der Waals surface area contributed by atoms with Crippen LogP contribution in [0, 0.1) is 6.92 Å². The summed E-state index contributed by atoms with van der Waals surface area (Å²) >= 11 is 0. The summed E-state index contributed by atoms with van der Waals surface area (Å²) in [5.41, 5.74) is -0.00977. The number of ketones is 1. The molecule has 166 valence electrons. The monoisotopic (exact) mass is 425 g/mol. The summed E-state index contributed by atoms with van der Waals surface area (Å²) in [5.74, 6) is -0.144. The van der Waals surface area contributed by atoms with Gasteiger partial charge in [0.2, 0.25) is 5.91 Å². The largest absolute Gasteiger partial charge is 0.300 e. The number of aromatic nitrogens is 2. The molecule has 1 N–H and O–H groups in total. The molecule has 0 spiro atoms. The average Bonchev–Trinajstić information content (AvgIpc) is 2.73. The van der Waals surface area contributed by atoms with Gasteiger partial charge in [0.25, 0.3) is 11.5 Å². The highest BCUT2D eigenvalue weighted by Crippen LogP contribution is 2.27. The van der Waals surface area contributed by atoms with Crippen LogP contribution in [-0.2, 0) is 26.3 Å². The third-order valence-corrected chi connectivity index (χ3v) is 6.18. The van der Waals surface area contributed by atoms with Gasteiger partial charge in [0.1, 0.15) is 17.1 Å². The van der Waals surface area contributed by atoms with Crippen molar-refractivity contribution in [2.75, 3.05) is 0 Å². The Morgan fingerprint density at radius 3 is 2.65 bits per heavy atom. The Balaban J connectivity index is 1.84. The quantitative estimate of drug-likeness (QED) is 0.491. The molecule has 1 atom stereocenters. The maximum absolute atomic E-state index is 13.4. The molecule has 31 heavy (non-hydrogen) atoms. The second-order valence-electron chi connectivity index (χ2n) is 8.65. The standard InChI is InChI=1S/C24H31N3O4/c1-4-5-6-7-8-18(28)11-9-17-10-12-20-19(15-17)22(30)27(16(2)25-20)24(3)14-13-21(29)26-23(24)31/h10,12,15H,4-9,11,13-14H2,1-3H3,(H,26,29,31)/t24-/m1/s1. The number of aryl methyl sites for hydroxylation is 2. The van der Waals surface area contributed by atoms with E-state index in [-0.39, 0.29) is 30.1 Å². The second-order valence-corrected chi connectivity index (χ2v) is 8.65. The molecule has 1 aliphatic rings. The van der Waals surface area contributed by atoms with Gasteiger partial charge in [-0.15, -0.1) is 0 Å². The summed E-state index contributed by atoms with van der Waals surface area (Å²) < 4.78 is 1.40. The van der Waals surface area contributed by atoms with E-state index in [2.05, 4.69) is 17.2 Å². The lowest BCUT2D eigenvalue weighted by atomic mass is 9.90. The maximum atomic E-state index is 13.4. The van der Waals surface area contributed by atoms with Gasteiger partial charge in [0.15, 0.2) is 0 Å². The number of fused-ring (bicyclic) bond motifs is 1. The molecule has 0 aliphatic carbocycles. The molecule has 2 heterocycles. The van der Waals surface area contributed by atoms with Crippen molar-refractivity contribution in [1.82, 2.24) is 14.9 Å². The van der Waals surface area contributed by atoms with Crippen LogP contribution in [0.15, 0.2) is 23.0 Å². The predicted molar refractivity (Wildman–Crippen MR) is 119 cm³/mol. The lowest BCUT2D eigenvalue weighted by Crippen LogP contribution is -2.56.